The van der Waals surface area contributed by atoms with Gasteiger partial charge in [0.2, 0.25) is 5.91 Å². The predicted molar refractivity (Wildman–Crippen MR) is 114 cm³/mol. The number of hydrogen-bond donors (Lipinski definition) is 3. The number of halogens is 3. The molecule has 0 saturated carbocycles. The molecule has 0 aliphatic carbocycles. The summed E-state index contributed by atoms with van der Waals surface area (Å²) in [6.45, 7) is 0.685. The number of carbonyl (C=O) groups excluding carboxylic acids is 1. The number of ether oxygens (including phenoxy) is 2. The highest BCUT2D eigenvalue weighted by Crippen LogP contribution is 2.30. The van der Waals surface area contributed by atoms with Gasteiger partial charge in [-0.15, -0.1) is 13.2 Å². The maximum Gasteiger partial charge on any atom is 0.573 e. The molecule has 1 aromatic carbocycles. The lowest BCUT2D eigenvalue weighted by Crippen LogP contribution is -2.52. The second-order valence-corrected chi connectivity index (χ2v) is 7.26. The number of methoxy groups -OCH3 is 1. The molecule has 1 aliphatic rings. The second kappa shape index (κ2) is 10.5. The van der Waals surface area contributed by atoms with E-state index in [-0.39, 0.29) is 35.7 Å². The normalized spacial score (nSPS) is 14.3. The van der Waals surface area contributed by atoms with Crippen molar-refractivity contribution in [1.82, 2.24) is 9.88 Å². The van der Waals surface area contributed by atoms with Gasteiger partial charge in [-0.2, -0.15) is 0 Å². The van der Waals surface area contributed by atoms with E-state index in [4.69, 9.17) is 10.1 Å². The highest BCUT2D eigenvalue weighted by molar-refractivity contribution is 6.07. The molecule has 176 valence electrons. The molecule has 1 aliphatic heterocycles. The van der Waals surface area contributed by atoms with Crippen molar-refractivity contribution in [3.8, 4) is 5.75 Å². The number of benzene rings is 1. The highest BCUT2D eigenvalue weighted by Gasteiger charge is 2.35. The molecule has 3 rings (SSSR count). The van der Waals surface area contributed by atoms with E-state index in [1.807, 2.05) is 0 Å². The number of carbonyl (C=O) groups is 1. The molecular weight excluding hydrogens is 441 g/mol. The quantitative estimate of drug-likeness (QED) is 0.389. The van der Waals surface area contributed by atoms with Crippen molar-refractivity contribution in [3.05, 3.63) is 59.8 Å². The van der Waals surface area contributed by atoms with Crippen LogP contribution < -0.4 is 10.1 Å². The van der Waals surface area contributed by atoms with Gasteiger partial charge in [-0.3, -0.25) is 4.79 Å². The Hall–Kier alpha value is -3.44. The van der Waals surface area contributed by atoms with Crippen LogP contribution in [0, 0.1) is 11.3 Å². The third-order valence-electron chi connectivity index (χ3n) is 4.95. The van der Waals surface area contributed by atoms with E-state index in [0.29, 0.717) is 36.5 Å². The molecule has 2 aromatic rings. The summed E-state index contributed by atoms with van der Waals surface area (Å²) in [6.07, 6.45) is -0.292. The van der Waals surface area contributed by atoms with Gasteiger partial charge in [0.25, 0.3) is 0 Å². The van der Waals surface area contributed by atoms with E-state index >= 15 is 0 Å². The van der Waals surface area contributed by atoms with Crippen molar-refractivity contribution < 1.29 is 32.5 Å². The van der Waals surface area contributed by atoms with Crippen molar-refractivity contribution in [2.75, 3.05) is 32.1 Å². The third kappa shape index (κ3) is 6.30. The van der Waals surface area contributed by atoms with Gasteiger partial charge in [-0.05, 0) is 35.9 Å². The van der Waals surface area contributed by atoms with Gasteiger partial charge in [0.1, 0.15) is 11.6 Å². The van der Waals surface area contributed by atoms with Crippen LogP contribution in [0.15, 0.2) is 48.7 Å². The summed E-state index contributed by atoms with van der Waals surface area (Å²) >= 11 is 0. The highest BCUT2D eigenvalue weighted by atomic mass is 19.4. The molecule has 1 fully saturated rings. The van der Waals surface area contributed by atoms with Crippen molar-refractivity contribution in [1.29, 1.82) is 5.41 Å². The smallest absolute Gasteiger partial charge is 0.406 e. The maximum atomic E-state index is 12.4. The number of hydrogen-bond acceptors (Lipinski definition) is 7. The van der Waals surface area contributed by atoms with Crippen LogP contribution in [0.5, 0.6) is 5.75 Å². The molecule has 0 spiro atoms. The third-order valence-corrected chi connectivity index (χ3v) is 4.95. The first-order valence-electron chi connectivity index (χ1n) is 9.96. The molecule has 0 unspecified atom stereocenters. The van der Waals surface area contributed by atoms with E-state index in [1.54, 1.807) is 17.0 Å². The van der Waals surface area contributed by atoms with E-state index < -0.39 is 6.36 Å². The molecule has 0 atom stereocenters. The molecule has 2 heterocycles. The number of alkyl halides is 3. The fourth-order valence-corrected chi connectivity index (χ4v) is 3.30. The van der Waals surface area contributed by atoms with E-state index in [9.17, 15) is 23.1 Å². The molecule has 11 heteroatoms. The zero-order valence-corrected chi connectivity index (χ0v) is 17.7. The number of likely N-dealkylation sites (tertiary alicyclic amines) is 1. The molecule has 8 nitrogen and oxygen atoms in total. The van der Waals surface area contributed by atoms with Gasteiger partial charge in [0.15, 0.2) is 0 Å². The summed E-state index contributed by atoms with van der Waals surface area (Å²) in [5.74, 6) is -0.510. The lowest BCUT2D eigenvalue weighted by molar-refractivity contribution is -0.274. The first kappa shape index (κ1) is 24.2. The van der Waals surface area contributed by atoms with Gasteiger partial charge in [0, 0.05) is 55.4 Å². The summed E-state index contributed by atoms with van der Waals surface area (Å²) in [5, 5.41) is 21.4. The topological polar surface area (TPSA) is 108 Å². The zero-order valence-electron chi connectivity index (χ0n) is 17.7. The fraction of sp³-hybridized carbons (Fsp3) is 0.318. The Kier molecular flexibility index (Phi) is 7.67. The Morgan fingerprint density at radius 1 is 1.30 bits per heavy atom. The summed E-state index contributed by atoms with van der Waals surface area (Å²) in [5.41, 5.74) is 1.49. The minimum atomic E-state index is -4.79. The Morgan fingerprint density at radius 3 is 2.61 bits per heavy atom. The first-order chi connectivity index (χ1) is 15.7. The van der Waals surface area contributed by atoms with Crippen molar-refractivity contribution >= 4 is 23.1 Å². The predicted octanol–water partition coefficient (Wildman–Crippen LogP) is 3.24. The number of aliphatic hydroxyl groups excluding tert-OH is 1. The monoisotopic (exact) mass is 464 g/mol. The van der Waals surface area contributed by atoms with Gasteiger partial charge < -0.3 is 30.2 Å². The van der Waals surface area contributed by atoms with Gasteiger partial charge in [0.05, 0.1) is 13.2 Å². The number of nitrogens with zero attached hydrogens (tertiary/aromatic N) is 2. The van der Waals surface area contributed by atoms with Crippen LogP contribution in [0.4, 0.5) is 24.7 Å². The summed E-state index contributed by atoms with van der Waals surface area (Å²) < 4.78 is 45.8. The number of rotatable bonds is 9. The average molecular weight is 464 g/mol. The van der Waals surface area contributed by atoms with Crippen LogP contribution in [0.3, 0.4) is 0 Å². The summed E-state index contributed by atoms with van der Waals surface area (Å²) in [6, 6.07) is 6.67. The number of anilines is 2. The minimum Gasteiger partial charge on any atom is -0.406 e. The number of aliphatic hydroxyl groups is 1. The van der Waals surface area contributed by atoms with Crippen LogP contribution >= 0.6 is 0 Å². The molecule has 1 amide bonds. The van der Waals surface area contributed by atoms with E-state index in [0.717, 1.165) is 12.1 Å². The number of pyridine rings is 1. The molecule has 1 aromatic heterocycles. The van der Waals surface area contributed by atoms with E-state index in [2.05, 4.69) is 15.0 Å². The zero-order chi connectivity index (χ0) is 24.0. The summed E-state index contributed by atoms with van der Waals surface area (Å²) in [4.78, 5) is 18.0. The Balaban J connectivity index is 1.73. The van der Waals surface area contributed by atoms with Crippen LogP contribution in [-0.4, -0.2) is 59.8 Å². The van der Waals surface area contributed by atoms with Gasteiger partial charge >= 0.3 is 6.36 Å². The van der Waals surface area contributed by atoms with Gasteiger partial charge in [-0.25, -0.2) is 4.98 Å². The first-order valence-corrected chi connectivity index (χ1v) is 9.96. The minimum absolute atomic E-state index is 0.177. The number of aromatic nitrogens is 1. The van der Waals surface area contributed by atoms with Crippen LogP contribution in [0.2, 0.25) is 0 Å². The lowest BCUT2D eigenvalue weighted by atomic mass is 9.88. The summed E-state index contributed by atoms with van der Waals surface area (Å²) in [7, 11) is 1.53. The maximum absolute atomic E-state index is 12.4. The number of nitrogens with one attached hydrogen (secondary N) is 2. The van der Waals surface area contributed by atoms with Gasteiger partial charge in [-0.1, -0.05) is 6.08 Å². The lowest BCUT2D eigenvalue weighted by Gasteiger charge is -2.39. The SMILES string of the molecule is COC/C=C/C(=O)N1CC(C(=N)c2c(CO)ccnc2Nc2ccc(OC(F)(F)F)cc2)C1. The molecule has 3 N–H and O–H groups in total. The standard InChI is InChI=1S/C22H23F3N4O4/c1-32-10-2-3-18(31)29-11-15(12-29)20(26)19-14(13-30)8-9-27-21(19)28-16-4-6-17(7-5-16)33-22(23,24)25/h2-9,15,26,30H,10-13H2,1H3,(H,27,28)/b3-2+,26-20?. The second-order valence-electron chi connectivity index (χ2n) is 7.26. The van der Waals surface area contributed by atoms with E-state index in [1.165, 1.54) is 31.5 Å². The molecule has 33 heavy (non-hydrogen) atoms. The fourth-order valence-electron chi connectivity index (χ4n) is 3.30. The van der Waals surface area contributed by atoms with Crippen molar-refractivity contribution in [3.63, 3.8) is 0 Å². The number of amides is 1. The Labute approximate surface area is 188 Å². The van der Waals surface area contributed by atoms with Crippen molar-refractivity contribution in [2.45, 2.75) is 13.0 Å². The molecule has 0 bridgehead atoms. The Bertz CT molecular complexity index is 1020. The van der Waals surface area contributed by atoms with Crippen LogP contribution in [0.1, 0.15) is 11.1 Å². The van der Waals surface area contributed by atoms with Crippen LogP contribution in [0.25, 0.3) is 0 Å². The van der Waals surface area contributed by atoms with Crippen molar-refractivity contribution in [2.24, 2.45) is 5.92 Å². The van der Waals surface area contributed by atoms with Crippen LogP contribution in [-0.2, 0) is 16.1 Å². The molecule has 0 radical (unpaired) electrons. The average Bonchev–Trinajstić information content (AvgIpc) is 2.73. The molecule has 1 saturated heterocycles. The largest absolute Gasteiger partial charge is 0.573 e. The Morgan fingerprint density at radius 2 is 2.00 bits per heavy atom. The molecular formula is C22H23F3N4O4.